The SMILES string of the molecule is CCn1cc(Cl)c(CNC(=O)C2CCCN(S(=O)(=O)c3cnn(C)c3)C2)n1. The number of nitrogens with zero attached hydrogens (tertiary/aromatic N) is 5. The molecule has 0 saturated carbocycles. The van der Waals surface area contributed by atoms with Crippen molar-refractivity contribution in [3.05, 3.63) is 29.3 Å². The molecule has 3 rings (SSSR count). The van der Waals surface area contributed by atoms with Crippen LogP contribution in [-0.2, 0) is 35.0 Å². The van der Waals surface area contributed by atoms with Crippen molar-refractivity contribution < 1.29 is 13.2 Å². The molecule has 3 heterocycles. The lowest BCUT2D eigenvalue weighted by molar-refractivity contribution is -0.126. The number of halogens is 1. The first-order valence-corrected chi connectivity index (χ1v) is 10.6. The highest BCUT2D eigenvalue weighted by Crippen LogP contribution is 2.24. The van der Waals surface area contributed by atoms with Gasteiger partial charge in [0.2, 0.25) is 15.9 Å². The summed E-state index contributed by atoms with van der Waals surface area (Å²) in [6.07, 6.45) is 5.77. The molecule has 1 saturated heterocycles. The first kappa shape index (κ1) is 19.8. The maximum absolute atomic E-state index is 12.7. The maximum Gasteiger partial charge on any atom is 0.246 e. The van der Waals surface area contributed by atoms with Gasteiger partial charge in [-0.1, -0.05) is 11.6 Å². The van der Waals surface area contributed by atoms with Crippen molar-refractivity contribution in [2.24, 2.45) is 13.0 Å². The fraction of sp³-hybridized carbons (Fsp3) is 0.562. The van der Waals surface area contributed by atoms with Gasteiger partial charge in [-0.2, -0.15) is 14.5 Å². The van der Waals surface area contributed by atoms with Gasteiger partial charge in [0.1, 0.15) is 10.6 Å². The van der Waals surface area contributed by atoms with Crippen LogP contribution in [0.2, 0.25) is 5.02 Å². The molecular weight excluding hydrogens is 392 g/mol. The van der Waals surface area contributed by atoms with E-state index in [9.17, 15) is 13.2 Å². The second-order valence-corrected chi connectivity index (χ2v) is 8.89. The van der Waals surface area contributed by atoms with Gasteiger partial charge in [0.15, 0.2) is 0 Å². The molecule has 9 nitrogen and oxygen atoms in total. The monoisotopic (exact) mass is 414 g/mol. The Morgan fingerprint density at radius 1 is 1.41 bits per heavy atom. The highest BCUT2D eigenvalue weighted by molar-refractivity contribution is 7.89. The van der Waals surface area contributed by atoms with E-state index in [2.05, 4.69) is 15.5 Å². The molecule has 0 spiro atoms. The van der Waals surface area contributed by atoms with E-state index in [4.69, 9.17) is 11.6 Å². The van der Waals surface area contributed by atoms with Crippen molar-refractivity contribution in [1.29, 1.82) is 0 Å². The van der Waals surface area contributed by atoms with Crippen LogP contribution in [-0.4, -0.2) is 51.3 Å². The molecule has 1 unspecified atom stereocenters. The summed E-state index contributed by atoms with van der Waals surface area (Å²) in [6, 6.07) is 0. The summed E-state index contributed by atoms with van der Waals surface area (Å²) in [5, 5.41) is 11.5. The van der Waals surface area contributed by atoms with Crippen molar-refractivity contribution >= 4 is 27.5 Å². The first-order valence-electron chi connectivity index (χ1n) is 8.79. The molecule has 148 valence electrons. The summed E-state index contributed by atoms with van der Waals surface area (Å²) >= 11 is 6.12. The Kier molecular flexibility index (Phi) is 5.87. The number of aryl methyl sites for hydroxylation is 2. The number of rotatable bonds is 6. The second kappa shape index (κ2) is 7.99. The number of hydrogen-bond acceptors (Lipinski definition) is 5. The van der Waals surface area contributed by atoms with E-state index in [1.54, 1.807) is 17.9 Å². The predicted molar refractivity (Wildman–Crippen MR) is 99.4 cm³/mol. The normalized spacial score (nSPS) is 18.6. The van der Waals surface area contributed by atoms with Crippen LogP contribution >= 0.6 is 11.6 Å². The molecule has 2 aromatic heterocycles. The largest absolute Gasteiger partial charge is 0.350 e. The molecule has 27 heavy (non-hydrogen) atoms. The Balaban J connectivity index is 1.63. The molecule has 1 fully saturated rings. The fourth-order valence-electron chi connectivity index (χ4n) is 3.09. The van der Waals surface area contributed by atoms with Gasteiger partial charge in [0, 0.05) is 39.1 Å². The third-order valence-corrected chi connectivity index (χ3v) is 6.75. The Morgan fingerprint density at radius 2 is 2.19 bits per heavy atom. The molecular formula is C16H23ClN6O3S. The Labute approximate surface area is 163 Å². The minimum atomic E-state index is -3.65. The van der Waals surface area contributed by atoms with Gasteiger partial charge >= 0.3 is 0 Å². The van der Waals surface area contributed by atoms with Gasteiger partial charge in [0.05, 0.1) is 23.7 Å². The number of aromatic nitrogens is 4. The van der Waals surface area contributed by atoms with E-state index in [0.29, 0.717) is 36.6 Å². The third kappa shape index (κ3) is 4.33. The molecule has 11 heteroatoms. The highest BCUT2D eigenvalue weighted by atomic mass is 35.5. The standard InChI is InChI=1S/C16H23ClN6O3S/c1-3-22-11-14(17)15(20-22)8-18-16(24)12-5-4-6-23(9-12)27(25,26)13-7-19-21(2)10-13/h7,10-12H,3-6,8-9H2,1-2H3,(H,18,24). The summed E-state index contributed by atoms with van der Waals surface area (Å²) in [6.45, 7) is 3.41. The number of nitrogens with one attached hydrogen (secondary N) is 1. The first-order chi connectivity index (χ1) is 12.8. The van der Waals surface area contributed by atoms with Crippen LogP contribution in [0.5, 0.6) is 0 Å². The summed E-state index contributed by atoms with van der Waals surface area (Å²) in [4.78, 5) is 12.7. The fourth-order valence-corrected chi connectivity index (χ4v) is 4.82. The zero-order chi connectivity index (χ0) is 19.6. The molecule has 0 bridgehead atoms. The molecule has 1 aliphatic rings. The van der Waals surface area contributed by atoms with Crippen LogP contribution < -0.4 is 5.32 Å². The lowest BCUT2D eigenvalue weighted by atomic mass is 9.99. The quantitative estimate of drug-likeness (QED) is 0.759. The van der Waals surface area contributed by atoms with Gasteiger partial charge in [-0.05, 0) is 19.8 Å². The Hall–Kier alpha value is -1.91. The molecule has 1 amide bonds. The average molecular weight is 415 g/mol. The molecule has 0 aromatic carbocycles. The molecule has 0 radical (unpaired) electrons. The Bertz CT molecular complexity index is 922. The zero-order valence-corrected chi connectivity index (χ0v) is 16.9. The number of sulfonamides is 1. The molecule has 1 aliphatic heterocycles. The van der Waals surface area contributed by atoms with Gasteiger partial charge in [-0.15, -0.1) is 0 Å². The van der Waals surface area contributed by atoms with Crippen LogP contribution in [0.4, 0.5) is 0 Å². The van der Waals surface area contributed by atoms with Gasteiger partial charge in [0.25, 0.3) is 0 Å². The van der Waals surface area contributed by atoms with Gasteiger partial charge in [-0.3, -0.25) is 14.2 Å². The molecule has 2 aromatic rings. The average Bonchev–Trinajstić information content (AvgIpc) is 3.25. The van der Waals surface area contributed by atoms with Gasteiger partial charge in [-0.25, -0.2) is 8.42 Å². The van der Waals surface area contributed by atoms with Crippen LogP contribution in [0.25, 0.3) is 0 Å². The minimum absolute atomic E-state index is 0.142. The summed E-state index contributed by atoms with van der Waals surface area (Å²) in [5.74, 6) is -0.597. The van der Waals surface area contributed by atoms with Crippen LogP contribution in [0.1, 0.15) is 25.5 Å². The van der Waals surface area contributed by atoms with Crippen molar-refractivity contribution in [2.75, 3.05) is 13.1 Å². The van der Waals surface area contributed by atoms with E-state index in [1.165, 1.54) is 21.4 Å². The van der Waals surface area contributed by atoms with E-state index < -0.39 is 15.9 Å². The third-order valence-electron chi connectivity index (χ3n) is 4.62. The number of hydrogen-bond donors (Lipinski definition) is 1. The van der Waals surface area contributed by atoms with Crippen molar-refractivity contribution in [1.82, 2.24) is 29.2 Å². The second-order valence-electron chi connectivity index (χ2n) is 6.55. The lowest BCUT2D eigenvalue weighted by Crippen LogP contribution is -2.45. The smallest absolute Gasteiger partial charge is 0.246 e. The van der Waals surface area contributed by atoms with E-state index in [1.807, 2.05) is 6.92 Å². The summed E-state index contributed by atoms with van der Waals surface area (Å²) in [7, 11) is -1.99. The zero-order valence-electron chi connectivity index (χ0n) is 15.3. The van der Waals surface area contributed by atoms with Crippen LogP contribution in [0.3, 0.4) is 0 Å². The topological polar surface area (TPSA) is 102 Å². The van der Waals surface area contributed by atoms with Gasteiger partial charge < -0.3 is 5.32 Å². The maximum atomic E-state index is 12.7. The van der Waals surface area contributed by atoms with Crippen LogP contribution in [0, 0.1) is 5.92 Å². The number of carbonyl (C=O) groups excluding carboxylic acids is 1. The molecule has 0 aliphatic carbocycles. The van der Waals surface area contributed by atoms with E-state index >= 15 is 0 Å². The van der Waals surface area contributed by atoms with E-state index in [-0.39, 0.29) is 23.9 Å². The van der Waals surface area contributed by atoms with Crippen molar-refractivity contribution in [3.63, 3.8) is 0 Å². The molecule has 1 atom stereocenters. The van der Waals surface area contributed by atoms with Crippen molar-refractivity contribution in [2.45, 2.75) is 37.8 Å². The number of carbonyl (C=O) groups is 1. The highest BCUT2D eigenvalue weighted by Gasteiger charge is 2.34. The summed E-state index contributed by atoms with van der Waals surface area (Å²) in [5.41, 5.74) is 0.600. The summed E-state index contributed by atoms with van der Waals surface area (Å²) < 4.78 is 30.0. The minimum Gasteiger partial charge on any atom is -0.350 e. The van der Waals surface area contributed by atoms with Crippen molar-refractivity contribution in [3.8, 4) is 0 Å². The Morgan fingerprint density at radius 3 is 2.81 bits per heavy atom. The van der Waals surface area contributed by atoms with E-state index in [0.717, 1.165) is 0 Å². The number of amides is 1. The van der Waals surface area contributed by atoms with Crippen LogP contribution in [0.15, 0.2) is 23.5 Å². The predicted octanol–water partition coefficient (Wildman–Crippen LogP) is 1.01. The number of piperidine rings is 1. The lowest BCUT2D eigenvalue weighted by Gasteiger charge is -2.30. The molecule has 1 N–H and O–H groups in total.